The van der Waals surface area contributed by atoms with E-state index in [-0.39, 0.29) is 5.91 Å². The molecule has 1 fully saturated rings. The van der Waals surface area contributed by atoms with E-state index in [1.54, 1.807) is 4.90 Å². The van der Waals surface area contributed by atoms with Crippen LogP contribution in [0.3, 0.4) is 0 Å². The Hall–Kier alpha value is -1.06. The van der Waals surface area contributed by atoms with E-state index in [4.69, 9.17) is 4.74 Å². The van der Waals surface area contributed by atoms with Crippen molar-refractivity contribution in [3.05, 3.63) is 0 Å². The number of β-lactam (4-membered cyclic amide) rings is 1. The smallest absolute Gasteiger partial charge is 0.294 e. The van der Waals surface area contributed by atoms with Crippen molar-refractivity contribution < 1.29 is 9.53 Å². The molecule has 0 saturated carbocycles. The van der Waals surface area contributed by atoms with Gasteiger partial charge in [0.2, 0.25) is 5.91 Å². The number of aliphatic imine (C=N–C) groups is 1. The number of carbonyl (C=O) groups excluding carboxylic acids is 1. The largest absolute Gasteiger partial charge is 0.463 e. The molecule has 0 unspecified atom stereocenters. The lowest BCUT2D eigenvalue weighted by molar-refractivity contribution is -0.135. The summed E-state index contributed by atoms with van der Waals surface area (Å²) in [6.45, 7) is 2.09. The van der Waals surface area contributed by atoms with Gasteiger partial charge >= 0.3 is 0 Å². The SMILES string of the molecule is O=C1CCN1C1=NCCO1. The van der Waals surface area contributed by atoms with Crippen molar-refractivity contribution in [2.24, 2.45) is 4.99 Å². The molecule has 2 heterocycles. The van der Waals surface area contributed by atoms with Gasteiger partial charge in [-0.2, -0.15) is 0 Å². The van der Waals surface area contributed by atoms with Crippen LogP contribution < -0.4 is 0 Å². The molecule has 4 heteroatoms. The van der Waals surface area contributed by atoms with Crippen LogP contribution in [0, 0.1) is 0 Å². The van der Waals surface area contributed by atoms with Crippen LogP contribution in [0.4, 0.5) is 0 Å². The molecular formula is C6H8N2O2. The van der Waals surface area contributed by atoms with Gasteiger partial charge in [-0.15, -0.1) is 0 Å². The lowest BCUT2D eigenvalue weighted by Crippen LogP contribution is -2.47. The normalized spacial score (nSPS) is 23.8. The Morgan fingerprint density at radius 3 is 2.90 bits per heavy atom. The minimum absolute atomic E-state index is 0.126. The molecule has 10 heavy (non-hydrogen) atoms. The summed E-state index contributed by atoms with van der Waals surface area (Å²) in [6, 6.07) is 0.524. The van der Waals surface area contributed by atoms with Crippen LogP contribution in [0.25, 0.3) is 0 Å². The average Bonchev–Trinajstić information content (AvgIpc) is 2.37. The first-order valence-corrected chi connectivity index (χ1v) is 3.35. The molecule has 1 amide bonds. The van der Waals surface area contributed by atoms with Gasteiger partial charge in [-0.05, 0) is 0 Å². The fraction of sp³-hybridized carbons (Fsp3) is 0.667. The number of rotatable bonds is 0. The van der Waals surface area contributed by atoms with Gasteiger partial charge in [0.1, 0.15) is 6.61 Å². The number of nitrogens with zero attached hydrogens (tertiary/aromatic N) is 2. The zero-order valence-corrected chi connectivity index (χ0v) is 5.54. The lowest BCUT2D eigenvalue weighted by atomic mass is 10.2. The number of amidine groups is 1. The second kappa shape index (κ2) is 1.97. The van der Waals surface area contributed by atoms with Crippen LogP contribution in [0.1, 0.15) is 6.42 Å². The van der Waals surface area contributed by atoms with E-state index in [0.717, 1.165) is 6.54 Å². The minimum atomic E-state index is 0.126. The van der Waals surface area contributed by atoms with E-state index >= 15 is 0 Å². The van der Waals surface area contributed by atoms with Gasteiger partial charge in [-0.3, -0.25) is 9.69 Å². The first kappa shape index (κ1) is 5.70. The van der Waals surface area contributed by atoms with Crippen molar-refractivity contribution in [1.29, 1.82) is 0 Å². The molecule has 0 aromatic rings. The zero-order chi connectivity index (χ0) is 6.97. The van der Waals surface area contributed by atoms with Gasteiger partial charge < -0.3 is 4.74 Å². The summed E-state index contributed by atoms with van der Waals surface area (Å²) in [5, 5.41) is 0. The van der Waals surface area contributed by atoms with Gasteiger partial charge in [-0.25, -0.2) is 4.99 Å². The van der Waals surface area contributed by atoms with Crippen LogP contribution in [0.2, 0.25) is 0 Å². The Morgan fingerprint density at radius 2 is 2.50 bits per heavy atom. The van der Waals surface area contributed by atoms with Gasteiger partial charge in [0.25, 0.3) is 6.02 Å². The summed E-state index contributed by atoms with van der Waals surface area (Å²) in [7, 11) is 0. The molecular weight excluding hydrogens is 132 g/mol. The van der Waals surface area contributed by atoms with Crippen LogP contribution in [0.15, 0.2) is 4.99 Å². The summed E-state index contributed by atoms with van der Waals surface area (Å²) in [5.74, 6) is 0.126. The molecule has 4 nitrogen and oxygen atoms in total. The summed E-state index contributed by atoms with van der Waals surface area (Å²) < 4.78 is 5.08. The molecule has 2 aliphatic rings. The van der Waals surface area contributed by atoms with Crippen LogP contribution in [0.5, 0.6) is 0 Å². The highest BCUT2D eigenvalue weighted by molar-refractivity contribution is 5.98. The second-order valence-corrected chi connectivity index (χ2v) is 2.31. The van der Waals surface area contributed by atoms with Gasteiger partial charge in [0.15, 0.2) is 0 Å². The molecule has 1 saturated heterocycles. The van der Waals surface area contributed by atoms with E-state index in [1.807, 2.05) is 0 Å². The van der Waals surface area contributed by atoms with Gasteiger partial charge in [-0.1, -0.05) is 0 Å². The maximum atomic E-state index is 10.8. The Labute approximate surface area is 58.5 Å². The Morgan fingerprint density at radius 1 is 1.60 bits per heavy atom. The zero-order valence-electron chi connectivity index (χ0n) is 5.54. The number of ether oxygens (including phenoxy) is 1. The second-order valence-electron chi connectivity index (χ2n) is 2.31. The first-order valence-electron chi connectivity index (χ1n) is 3.35. The predicted molar refractivity (Wildman–Crippen MR) is 34.6 cm³/mol. The fourth-order valence-electron chi connectivity index (χ4n) is 1.00. The fourth-order valence-corrected chi connectivity index (χ4v) is 1.00. The highest BCUT2D eigenvalue weighted by Gasteiger charge is 2.30. The number of hydrogen-bond acceptors (Lipinski definition) is 3. The Balaban J connectivity index is 2.04. The topological polar surface area (TPSA) is 41.9 Å². The Kier molecular flexibility index (Phi) is 1.12. The molecule has 0 aromatic carbocycles. The van der Waals surface area contributed by atoms with Crippen LogP contribution in [-0.4, -0.2) is 36.5 Å². The third-order valence-corrected chi connectivity index (χ3v) is 1.65. The molecule has 0 aromatic heterocycles. The maximum absolute atomic E-state index is 10.8. The molecule has 0 aliphatic carbocycles. The average molecular weight is 140 g/mol. The lowest BCUT2D eigenvalue weighted by Gasteiger charge is -2.28. The number of amides is 1. The minimum Gasteiger partial charge on any atom is -0.463 e. The summed E-state index contributed by atoms with van der Waals surface area (Å²) in [6.07, 6.45) is 0.641. The number of likely N-dealkylation sites (tertiary alicyclic amines) is 1. The number of carbonyl (C=O) groups is 1. The molecule has 0 N–H and O–H groups in total. The summed E-state index contributed by atoms with van der Waals surface area (Å²) in [5.41, 5.74) is 0. The quantitative estimate of drug-likeness (QED) is 0.430. The van der Waals surface area contributed by atoms with E-state index < -0.39 is 0 Å². The maximum Gasteiger partial charge on any atom is 0.294 e. The van der Waals surface area contributed by atoms with E-state index in [1.165, 1.54) is 0 Å². The van der Waals surface area contributed by atoms with Crippen molar-refractivity contribution in [2.45, 2.75) is 6.42 Å². The van der Waals surface area contributed by atoms with Crippen molar-refractivity contribution >= 4 is 11.9 Å². The third kappa shape index (κ3) is 0.683. The monoisotopic (exact) mass is 140 g/mol. The van der Waals surface area contributed by atoms with Crippen molar-refractivity contribution in [1.82, 2.24) is 4.90 Å². The van der Waals surface area contributed by atoms with Crippen LogP contribution in [-0.2, 0) is 9.53 Å². The molecule has 0 spiro atoms. The molecule has 2 aliphatic heterocycles. The van der Waals surface area contributed by atoms with Gasteiger partial charge in [0, 0.05) is 13.0 Å². The van der Waals surface area contributed by atoms with Crippen molar-refractivity contribution in [3.8, 4) is 0 Å². The van der Waals surface area contributed by atoms with Gasteiger partial charge in [0.05, 0.1) is 6.54 Å². The van der Waals surface area contributed by atoms with E-state index in [0.29, 0.717) is 25.6 Å². The van der Waals surface area contributed by atoms with E-state index in [2.05, 4.69) is 4.99 Å². The van der Waals surface area contributed by atoms with Crippen molar-refractivity contribution in [3.63, 3.8) is 0 Å². The molecule has 0 bridgehead atoms. The highest BCUT2D eigenvalue weighted by Crippen LogP contribution is 2.12. The Bertz CT molecular complexity index is 200. The van der Waals surface area contributed by atoms with Crippen molar-refractivity contribution in [2.75, 3.05) is 19.7 Å². The highest BCUT2D eigenvalue weighted by atomic mass is 16.5. The molecule has 2 rings (SSSR count). The molecule has 54 valence electrons. The first-order chi connectivity index (χ1) is 4.88. The van der Waals surface area contributed by atoms with Crippen LogP contribution >= 0.6 is 0 Å². The predicted octanol–water partition coefficient (Wildman–Crippen LogP) is -0.395. The number of hydrogen-bond donors (Lipinski definition) is 0. The molecule has 0 atom stereocenters. The summed E-state index contributed by atoms with van der Waals surface area (Å²) in [4.78, 5) is 16.4. The third-order valence-electron chi connectivity index (χ3n) is 1.65. The van der Waals surface area contributed by atoms with E-state index in [9.17, 15) is 4.79 Å². The summed E-state index contributed by atoms with van der Waals surface area (Å²) >= 11 is 0. The molecule has 0 radical (unpaired) electrons. The standard InChI is InChI=1S/C6H8N2O2/c9-5-1-3-8(5)6-7-2-4-10-6/h1-4H2.